The Labute approximate surface area is 113 Å². The Bertz CT molecular complexity index is 416. The number of rotatable bonds is 6. The van der Waals surface area contributed by atoms with Crippen LogP contribution in [0, 0.1) is 0 Å². The van der Waals surface area contributed by atoms with E-state index in [1.54, 1.807) is 0 Å². The monoisotopic (exact) mass is 360 g/mol. The van der Waals surface area contributed by atoms with Crippen LogP contribution in [0.25, 0.3) is 0 Å². The first-order valence-electron chi connectivity index (χ1n) is 4.97. The Hall–Kier alpha value is -1.17. The Morgan fingerprint density at radius 3 is 1.41 bits per heavy atom. The Kier molecular flexibility index (Phi) is 5.49. The van der Waals surface area contributed by atoms with Gasteiger partial charge in [-0.25, -0.2) is 4.39 Å². The van der Waals surface area contributed by atoms with Crippen LogP contribution in [0.3, 0.4) is 0 Å². The minimum atomic E-state index is -7.35. The molecule has 0 aliphatic carbocycles. The van der Waals surface area contributed by atoms with E-state index in [0.29, 0.717) is 0 Å². The van der Waals surface area contributed by atoms with Crippen molar-refractivity contribution in [1.29, 1.82) is 0 Å². The van der Waals surface area contributed by atoms with Gasteiger partial charge in [0.25, 0.3) is 11.7 Å². The molecule has 0 spiro atoms. The molecule has 0 aromatic carbocycles. The highest BCUT2D eigenvalue weighted by atomic mass is 19.4. The van der Waals surface area contributed by atoms with Crippen molar-refractivity contribution in [3.8, 4) is 0 Å². The van der Waals surface area contributed by atoms with E-state index in [1.807, 2.05) is 0 Å². The highest BCUT2D eigenvalue weighted by Gasteiger charge is 2.84. The first-order chi connectivity index (χ1) is 9.48. The summed E-state index contributed by atoms with van der Waals surface area (Å²) < 4.78 is 162. The van der Waals surface area contributed by atoms with Crippen LogP contribution in [0.2, 0.25) is 0 Å². The largest absolute Gasteiger partial charge is 0.432 e. The molecule has 13 heteroatoms. The molecule has 0 rings (SSSR count). The van der Waals surface area contributed by atoms with E-state index in [4.69, 9.17) is 0 Å². The molecule has 0 bridgehead atoms. The fraction of sp³-hybridized carbons (Fsp3) is 0.778. The average molecular weight is 360 g/mol. The van der Waals surface area contributed by atoms with Crippen molar-refractivity contribution in [3.63, 3.8) is 0 Å². The lowest BCUT2D eigenvalue weighted by Crippen LogP contribution is -2.67. The summed E-state index contributed by atoms with van der Waals surface area (Å²) in [5, 5.41) is 0. The van der Waals surface area contributed by atoms with E-state index in [0.717, 1.165) is 0 Å². The van der Waals surface area contributed by atoms with Crippen LogP contribution in [-0.2, 0) is 0 Å². The van der Waals surface area contributed by atoms with Crippen LogP contribution >= 0.6 is 0 Å². The molecule has 0 radical (unpaired) electrons. The molecule has 0 aliphatic rings. The van der Waals surface area contributed by atoms with Crippen molar-refractivity contribution in [1.82, 2.24) is 0 Å². The molecule has 0 saturated carbocycles. The van der Waals surface area contributed by atoms with Crippen molar-refractivity contribution in [3.05, 3.63) is 12.2 Å². The number of halogens is 13. The molecular weight excluding hydrogens is 355 g/mol. The molecule has 0 fully saturated rings. The summed E-state index contributed by atoms with van der Waals surface area (Å²) in [4.78, 5) is 0. The zero-order valence-corrected chi connectivity index (χ0v) is 9.91. The molecular formula is C9H5F13. The van der Waals surface area contributed by atoms with Gasteiger partial charge in [-0.15, -0.1) is 0 Å². The lowest BCUT2D eigenvalue weighted by atomic mass is 9.87. The fourth-order valence-electron chi connectivity index (χ4n) is 1.23. The van der Waals surface area contributed by atoms with Gasteiger partial charge in [0.1, 0.15) is 0 Å². The molecule has 0 nitrogen and oxygen atoms in total. The zero-order valence-electron chi connectivity index (χ0n) is 9.91. The molecule has 132 valence electrons. The predicted octanol–water partition coefficient (Wildman–Crippen LogP) is 5.30. The average Bonchev–Trinajstić information content (AvgIpc) is 2.25. The molecule has 0 aromatic rings. The molecule has 1 atom stereocenters. The standard InChI is InChI=1S/C9H5F13/c10-2-1-6(14,15)8(18,19)7(16,17)5(13,3-4(11)12)9(20,21)22/h3H,1-2H2. The third-order valence-electron chi connectivity index (χ3n) is 2.44. The van der Waals surface area contributed by atoms with Crippen molar-refractivity contribution in [2.45, 2.75) is 36.0 Å². The van der Waals surface area contributed by atoms with E-state index < -0.39 is 54.9 Å². The Balaban J connectivity index is 6.30. The number of hydrogen-bond donors (Lipinski definition) is 0. The summed E-state index contributed by atoms with van der Waals surface area (Å²) in [5.74, 6) is -20.6. The number of hydrogen-bond acceptors (Lipinski definition) is 0. The van der Waals surface area contributed by atoms with E-state index in [1.165, 1.54) is 0 Å². The lowest BCUT2D eigenvalue weighted by molar-refractivity contribution is -0.378. The minimum absolute atomic E-state index is 2.24. The molecule has 1 unspecified atom stereocenters. The second-order valence-electron chi connectivity index (χ2n) is 3.94. The smallest absolute Gasteiger partial charge is 0.251 e. The quantitative estimate of drug-likeness (QED) is 0.564. The van der Waals surface area contributed by atoms with Gasteiger partial charge in [-0.1, -0.05) is 0 Å². The van der Waals surface area contributed by atoms with Crippen molar-refractivity contribution in [2.75, 3.05) is 6.67 Å². The highest BCUT2D eigenvalue weighted by Crippen LogP contribution is 2.58. The predicted molar refractivity (Wildman–Crippen MR) is 45.6 cm³/mol. The van der Waals surface area contributed by atoms with Crippen LogP contribution in [0.4, 0.5) is 57.1 Å². The number of alkyl halides is 11. The third-order valence-corrected chi connectivity index (χ3v) is 2.44. The van der Waals surface area contributed by atoms with Crippen LogP contribution in [0.5, 0.6) is 0 Å². The van der Waals surface area contributed by atoms with Gasteiger partial charge >= 0.3 is 23.9 Å². The van der Waals surface area contributed by atoms with E-state index in [-0.39, 0.29) is 0 Å². The maximum absolute atomic E-state index is 13.3. The van der Waals surface area contributed by atoms with E-state index in [9.17, 15) is 57.1 Å². The zero-order chi connectivity index (χ0) is 18.2. The summed E-state index contributed by atoms with van der Waals surface area (Å²) in [5.41, 5.74) is -6.80. The maximum Gasteiger partial charge on any atom is 0.432 e. The SMILES string of the molecule is FCCC(F)(F)C(F)(F)C(F)(F)C(F)(C=C(F)F)C(F)(F)F. The van der Waals surface area contributed by atoms with Crippen LogP contribution < -0.4 is 0 Å². The van der Waals surface area contributed by atoms with Crippen molar-refractivity contribution in [2.24, 2.45) is 0 Å². The Morgan fingerprint density at radius 1 is 0.727 bits per heavy atom. The third kappa shape index (κ3) is 3.12. The molecule has 22 heavy (non-hydrogen) atoms. The lowest BCUT2D eigenvalue weighted by Gasteiger charge is -2.39. The first kappa shape index (κ1) is 20.8. The highest BCUT2D eigenvalue weighted by molar-refractivity contribution is 5.20. The molecule has 0 heterocycles. The van der Waals surface area contributed by atoms with Gasteiger partial charge in [0, 0.05) is 12.5 Å². The second-order valence-corrected chi connectivity index (χ2v) is 3.94. The van der Waals surface area contributed by atoms with Crippen LogP contribution in [0.15, 0.2) is 12.2 Å². The summed E-state index contributed by atoms with van der Waals surface area (Å²) in [6, 6.07) is 0. The summed E-state index contributed by atoms with van der Waals surface area (Å²) >= 11 is 0. The molecule has 0 aliphatic heterocycles. The maximum atomic E-state index is 13.3. The van der Waals surface area contributed by atoms with Gasteiger partial charge in [-0.3, -0.25) is 4.39 Å². The molecule has 0 saturated heterocycles. The fourth-order valence-corrected chi connectivity index (χ4v) is 1.23. The minimum Gasteiger partial charge on any atom is -0.251 e. The topological polar surface area (TPSA) is 0 Å². The number of allylic oxidation sites excluding steroid dienone is 1. The van der Waals surface area contributed by atoms with E-state index in [2.05, 4.69) is 0 Å². The van der Waals surface area contributed by atoms with E-state index >= 15 is 0 Å². The van der Waals surface area contributed by atoms with Gasteiger partial charge in [-0.05, 0) is 0 Å². The first-order valence-corrected chi connectivity index (χ1v) is 4.97. The van der Waals surface area contributed by atoms with Gasteiger partial charge in [0.05, 0.1) is 6.67 Å². The van der Waals surface area contributed by atoms with Crippen LogP contribution in [0.1, 0.15) is 6.42 Å². The van der Waals surface area contributed by atoms with Gasteiger partial charge in [0.15, 0.2) is 0 Å². The van der Waals surface area contributed by atoms with Crippen LogP contribution in [-0.4, -0.2) is 36.3 Å². The van der Waals surface area contributed by atoms with Gasteiger partial charge in [0.2, 0.25) is 0 Å². The summed E-state index contributed by atoms with van der Waals surface area (Å²) in [6.07, 6.45) is -15.8. The van der Waals surface area contributed by atoms with Gasteiger partial charge < -0.3 is 0 Å². The summed E-state index contributed by atoms with van der Waals surface area (Å²) in [6.45, 7) is -2.36. The molecule has 0 aromatic heterocycles. The van der Waals surface area contributed by atoms with Gasteiger partial charge in [-0.2, -0.15) is 48.3 Å². The molecule has 0 amide bonds. The van der Waals surface area contributed by atoms with Crippen molar-refractivity contribution < 1.29 is 57.1 Å². The Morgan fingerprint density at radius 2 is 1.14 bits per heavy atom. The summed E-state index contributed by atoms with van der Waals surface area (Å²) in [7, 11) is 0. The molecule has 0 N–H and O–H groups in total. The second kappa shape index (κ2) is 5.80. The van der Waals surface area contributed by atoms with Crippen molar-refractivity contribution >= 4 is 0 Å². The normalized spacial score (nSPS) is 17.1.